The molecule has 0 saturated carbocycles. The van der Waals surface area contributed by atoms with E-state index in [-0.39, 0.29) is 30.1 Å². The third-order valence-electron chi connectivity index (χ3n) is 5.70. The Balaban J connectivity index is 2.15. The molecule has 1 fully saturated rings. The van der Waals surface area contributed by atoms with Gasteiger partial charge in [-0.25, -0.2) is 4.98 Å². The number of alkyl halides is 3. The summed E-state index contributed by atoms with van der Waals surface area (Å²) in [4.78, 5) is 6.16. The minimum atomic E-state index is -4.59. The van der Waals surface area contributed by atoms with Crippen LogP contribution in [0, 0.1) is 0 Å². The average molecular weight is 437 g/mol. The van der Waals surface area contributed by atoms with Crippen LogP contribution in [-0.2, 0) is 30.3 Å². The van der Waals surface area contributed by atoms with Gasteiger partial charge in [0.1, 0.15) is 5.75 Å². The van der Waals surface area contributed by atoms with E-state index in [4.69, 9.17) is 9.47 Å². The second-order valence-corrected chi connectivity index (χ2v) is 8.14. The number of methoxy groups -OCH3 is 1. The van der Waals surface area contributed by atoms with Crippen LogP contribution in [0.4, 0.5) is 13.2 Å². The summed E-state index contributed by atoms with van der Waals surface area (Å²) in [5.41, 5.74) is 2.24. The van der Waals surface area contributed by atoms with Gasteiger partial charge in [0.05, 0.1) is 25.0 Å². The van der Waals surface area contributed by atoms with Gasteiger partial charge in [-0.05, 0) is 37.8 Å². The molecule has 7 heteroatoms. The quantitative estimate of drug-likeness (QED) is 0.598. The normalized spacial score (nSPS) is 20.1. The molecule has 0 amide bonds. The SMILES string of the molecule is CCc1cccc(CC)c1-c1cc(OC)c(CN2C[C@H](C)O[C@@H](C)C2)c(C(F)(F)F)n1. The van der Waals surface area contributed by atoms with Crippen molar-refractivity contribution in [2.24, 2.45) is 0 Å². The van der Waals surface area contributed by atoms with Crippen LogP contribution in [0.3, 0.4) is 0 Å². The molecular weight excluding hydrogens is 405 g/mol. The fourth-order valence-corrected chi connectivity index (χ4v) is 4.45. The highest BCUT2D eigenvalue weighted by Crippen LogP contribution is 2.39. The van der Waals surface area contributed by atoms with Crippen molar-refractivity contribution >= 4 is 0 Å². The predicted octanol–water partition coefficient (Wildman–Crippen LogP) is 5.51. The van der Waals surface area contributed by atoms with Crippen LogP contribution in [0.1, 0.15) is 50.1 Å². The highest BCUT2D eigenvalue weighted by Gasteiger charge is 2.38. The van der Waals surface area contributed by atoms with Crippen molar-refractivity contribution in [1.82, 2.24) is 9.88 Å². The Hall–Kier alpha value is -2.12. The summed E-state index contributed by atoms with van der Waals surface area (Å²) in [6.45, 7) is 9.08. The lowest BCUT2D eigenvalue weighted by molar-refractivity contribution is -0.142. The molecule has 1 aliphatic rings. The fourth-order valence-electron chi connectivity index (χ4n) is 4.45. The van der Waals surface area contributed by atoms with Crippen LogP contribution in [-0.4, -0.2) is 42.3 Å². The molecule has 2 aromatic rings. The number of hydrogen-bond acceptors (Lipinski definition) is 4. The second-order valence-electron chi connectivity index (χ2n) is 8.14. The number of aromatic nitrogens is 1. The first-order valence-corrected chi connectivity index (χ1v) is 10.8. The van der Waals surface area contributed by atoms with Crippen molar-refractivity contribution in [3.8, 4) is 17.0 Å². The molecule has 0 aliphatic carbocycles. The van der Waals surface area contributed by atoms with Crippen molar-refractivity contribution in [1.29, 1.82) is 0 Å². The minimum Gasteiger partial charge on any atom is -0.496 e. The summed E-state index contributed by atoms with van der Waals surface area (Å²) in [5.74, 6) is 0.220. The summed E-state index contributed by atoms with van der Waals surface area (Å²) >= 11 is 0. The number of nitrogens with zero attached hydrogens (tertiary/aromatic N) is 2. The van der Waals surface area contributed by atoms with Gasteiger partial charge >= 0.3 is 6.18 Å². The Morgan fingerprint density at radius 1 is 1.10 bits per heavy atom. The Kier molecular flexibility index (Phi) is 7.27. The Bertz CT molecular complexity index is 882. The van der Waals surface area contributed by atoms with Crippen LogP contribution in [0.5, 0.6) is 5.75 Å². The monoisotopic (exact) mass is 436 g/mol. The molecule has 0 bridgehead atoms. The summed E-state index contributed by atoms with van der Waals surface area (Å²) in [6, 6.07) is 7.49. The van der Waals surface area contributed by atoms with Gasteiger partial charge in [0.15, 0.2) is 5.69 Å². The number of aryl methyl sites for hydroxylation is 2. The second kappa shape index (κ2) is 9.57. The highest BCUT2D eigenvalue weighted by atomic mass is 19.4. The molecule has 1 aromatic carbocycles. The van der Waals surface area contributed by atoms with Crippen molar-refractivity contribution < 1.29 is 22.6 Å². The molecule has 0 radical (unpaired) electrons. The molecule has 1 aromatic heterocycles. The smallest absolute Gasteiger partial charge is 0.433 e. The van der Waals surface area contributed by atoms with Crippen LogP contribution < -0.4 is 4.74 Å². The van der Waals surface area contributed by atoms with Gasteiger partial charge in [0.2, 0.25) is 0 Å². The zero-order valence-electron chi connectivity index (χ0n) is 18.8. The molecule has 1 saturated heterocycles. The van der Waals surface area contributed by atoms with Crippen LogP contribution in [0.2, 0.25) is 0 Å². The van der Waals surface area contributed by atoms with Crippen LogP contribution in [0.15, 0.2) is 24.3 Å². The third kappa shape index (κ3) is 5.21. The lowest BCUT2D eigenvalue weighted by Crippen LogP contribution is -2.45. The third-order valence-corrected chi connectivity index (χ3v) is 5.70. The Labute approximate surface area is 182 Å². The van der Waals surface area contributed by atoms with Gasteiger partial charge < -0.3 is 9.47 Å². The van der Waals surface area contributed by atoms with Crippen molar-refractivity contribution in [3.63, 3.8) is 0 Å². The van der Waals surface area contributed by atoms with E-state index in [1.54, 1.807) is 6.07 Å². The van der Waals surface area contributed by atoms with E-state index in [1.165, 1.54) is 7.11 Å². The van der Waals surface area contributed by atoms with E-state index in [9.17, 15) is 13.2 Å². The van der Waals surface area contributed by atoms with E-state index in [1.807, 2.05) is 50.8 Å². The Morgan fingerprint density at radius 2 is 1.68 bits per heavy atom. The highest BCUT2D eigenvalue weighted by molar-refractivity contribution is 5.70. The standard InChI is InChI=1S/C24H31F3N2O2/c1-6-17-9-8-10-18(7-2)22(17)20-11-21(30-5)19(23(28-20)24(25,26)27)14-29-12-15(3)31-16(4)13-29/h8-11,15-16H,6-7,12-14H2,1-5H3/t15-,16-/m0/s1. The maximum absolute atomic E-state index is 14.2. The fraction of sp³-hybridized carbons (Fsp3) is 0.542. The van der Waals surface area contributed by atoms with Crippen molar-refractivity contribution in [2.75, 3.05) is 20.2 Å². The van der Waals surface area contributed by atoms with Gasteiger partial charge in [-0.3, -0.25) is 4.90 Å². The van der Waals surface area contributed by atoms with E-state index < -0.39 is 11.9 Å². The van der Waals surface area contributed by atoms with E-state index >= 15 is 0 Å². The first kappa shape index (κ1) is 23.5. The molecule has 2 heterocycles. The summed E-state index contributed by atoms with van der Waals surface area (Å²) in [5, 5.41) is 0. The van der Waals surface area contributed by atoms with Gasteiger partial charge in [0.25, 0.3) is 0 Å². The summed E-state index contributed by atoms with van der Waals surface area (Å²) in [6.07, 6.45) is -3.25. The van der Waals surface area contributed by atoms with Crippen LogP contribution in [0.25, 0.3) is 11.3 Å². The summed E-state index contributed by atoms with van der Waals surface area (Å²) < 4.78 is 53.7. The zero-order valence-corrected chi connectivity index (χ0v) is 18.8. The molecule has 0 spiro atoms. The van der Waals surface area contributed by atoms with Gasteiger partial charge in [-0.15, -0.1) is 0 Å². The number of benzene rings is 1. The lowest BCUT2D eigenvalue weighted by atomic mass is 9.94. The first-order valence-electron chi connectivity index (χ1n) is 10.8. The molecule has 2 atom stereocenters. The van der Waals surface area contributed by atoms with E-state index in [0.717, 1.165) is 16.7 Å². The lowest BCUT2D eigenvalue weighted by Gasteiger charge is -2.35. The molecule has 0 unspecified atom stereocenters. The molecule has 0 N–H and O–H groups in total. The van der Waals surface area contributed by atoms with Gasteiger partial charge in [0, 0.05) is 36.8 Å². The van der Waals surface area contributed by atoms with E-state index in [2.05, 4.69) is 4.98 Å². The van der Waals surface area contributed by atoms with Gasteiger partial charge in [-0.1, -0.05) is 32.0 Å². The summed E-state index contributed by atoms with van der Waals surface area (Å²) in [7, 11) is 1.42. The molecule has 1 aliphatic heterocycles. The Morgan fingerprint density at radius 3 is 2.16 bits per heavy atom. The number of morpholine rings is 1. The average Bonchev–Trinajstić information content (AvgIpc) is 2.71. The molecule has 170 valence electrons. The van der Waals surface area contributed by atoms with E-state index in [0.29, 0.717) is 31.6 Å². The van der Waals surface area contributed by atoms with Crippen LogP contribution >= 0.6 is 0 Å². The number of rotatable bonds is 6. The largest absolute Gasteiger partial charge is 0.496 e. The molecular formula is C24H31F3N2O2. The van der Waals surface area contributed by atoms with Gasteiger partial charge in [-0.2, -0.15) is 13.2 Å². The number of hydrogen-bond donors (Lipinski definition) is 0. The number of halogens is 3. The molecule has 31 heavy (non-hydrogen) atoms. The molecule has 4 nitrogen and oxygen atoms in total. The minimum absolute atomic E-state index is 0.0418. The van der Waals surface area contributed by atoms with Crippen molar-refractivity contribution in [2.45, 2.75) is 65.5 Å². The zero-order chi connectivity index (χ0) is 22.8. The maximum Gasteiger partial charge on any atom is 0.433 e. The molecule has 3 rings (SSSR count). The number of ether oxygens (including phenoxy) is 2. The maximum atomic E-state index is 14.2. The first-order chi connectivity index (χ1) is 14.7. The van der Waals surface area contributed by atoms with Crippen molar-refractivity contribution in [3.05, 3.63) is 46.6 Å². The topological polar surface area (TPSA) is 34.6 Å². The number of pyridine rings is 1. The predicted molar refractivity (Wildman–Crippen MR) is 115 cm³/mol.